The number of hydrogen-bond acceptors (Lipinski definition) is 3. The zero-order valence-corrected chi connectivity index (χ0v) is 16.8. The topological polar surface area (TPSA) is 43.8 Å². The molecule has 27 heavy (non-hydrogen) atoms. The van der Waals surface area contributed by atoms with Gasteiger partial charge in [-0.3, -0.25) is 4.79 Å². The van der Waals surface area contributed by atoms with Gasteiger partial charge in [0.15, 0.2) is 0 Å². The van der Waals surface area contributed by atoms with Gasteiger partial charge >= 0.3 is 0 Å². The molecule has 1 N–H and O–H groups in total. The number of benzene rings is 2. The van der Waals surface area contributed by atoms with Crippen LogP contribution in [0.3, 0.4) is 0 Å². The molecular formula is C22H25ClN2O2. The van der Waals surface area contributed by atoms with Crippen LogP contribution in [0, 0.1) is 0 Å². The summed E-state index contributed by atoms with van der Waals surface area (Å²) in [6.45, 7) is 0.959. The molecule has 2 aromatic carbocycles. The standard InChI is InChI=1S/C22H25ClN2O2/c1-24(2)22(27)16-6-4-5-15-14(16)7-8-19-21(15)17-12-20(26)18(23)11-13(17)9-10-25(19)3/h4-6,11-12,19,21,26H,7-10H2,1-3H3/t19-,21+/m0/s1. The predicted octanol–water partition coefficient (Wildman–Crippen LogP) is 3.68. The Morgan fingerprint density at radius 3 is 2.74 bits per heavy atom. The molecule has 0 unspecified atom stereocenters. The van der Waals surface area contributed by atoms with Crippen LogP contribution >= 0.6 is 11.6 Å². The number of rotatable bonds is 1. The van der Waals surface area contributed by atoms with Crippen LogP contribution in [0.25, 0.3) is 0 Å². The molecule has 0 aromatic heterocycles. The molecule has 2 aromatic rings. The molecule has 2 aliphatic rings. The Morgan fingerprint density at radius 2 is 2.00 bits per heavy atom. The number of carbonyl (C=O) groups is 1. The van der Waals surface area contributed by atoms with E-state index in [1.807, 2.05) is 24.3 Å². The summed E-state index contributed by atoms with van der Waals surface area (Å²) in [5.74, 6) is 0.312. The molecule has 0 saturated carbocycles. The number of amides is 1. The molecule has 0 spiro atoms. The van der Waals surface area contributed by atoms with Crippen molar-refractivity contribution in [1.29, 1.82) is 0 Å². The fourth-order valence-electron chi connectivity index (χ4n) is 4.72. The summed E-state index contributed by atoms with van der Waals surface area (Å²) < 4.78 is 0. The van der Waals surface area contributed by atoms with Crippen LogP contribution in [-0.4, -0.2) is 54.5 Å². The number of fused-ring (bicyclic) bond motifs is 5. The van der Waals surface area contributed by atoms with Crippen molar-refractivity contribution in [2.45, 2.75) is 31.2 Å². The summed E-state index contributed by atoms with van der Waals surface area (Å²) in [4.78, 5) is 16.8. The molecular weight excluding hydrogens is 360 g/mol. The summed E-state index contributed by atoms with van der Waals surface area (Å²) in [5, 5.41) is 10.7. The quantitative estimate of drug-likeness (QED) is 0.815. The lowest BCUT2D eigenvalue weighted by molar-refractivity contribution is 0.0825. The van der Waals surface area contributed by atoms with Crippen LogP contribution in [0.2, 0.25) is 5.02 Å². The van der Waals surface area contributed by atoms with Gasteiger partial charge in [-0.2, -0.15) is 0 Å². The monoisotopic (exact) mass is 384 g/mol. The molecule has 1 aliphatic carbocycles. The molecule has 2 atom stereocenters. The number of halogens is 1. The lowest BCUT2D eigenvalue weighted by atomic mass is 9.73. The minimum atomic E-state index is 0.0476. The van der Waals surface area contributed by atoms with E-state index in [-0.39, 0.29) is 17.6 Å². The van der Waals surface area contributed by atoms with Gasteiger partial charge in [0.25, 0.3) is 5.91 Å². The van der Waals surface area contributed by atoms with E-state index < -0.39 is 0 Å². The molecule has 4 rings (SSSR count). The maximum atomic E-state index is 12.7. The first-order valence-corrected chi connectivity index (χ1v) is 9.81. The molecule has 0 fully saturated rings. The zero-order chi connectivity index (χ0) is 19.3. The van der Waals surface area contributed by atoms with Gasteiger partial charge in [0.05, 0.1) is 5.02 Å². The van der Waals surface area contributed by atoms with Crippen LogP contribution in [0.1, 0.15) is 45.0 Å². The first-order valence-electron chi connectivity index (χ1n) is 9.43. The second-order valence-corrected chi connectivity index (χ2v) is 8.30. The first-order chi connectivity index (χ1) is 12.9. The third-order valence-corrected chi connectivity index (χ3v) is 6.41. The van der Waals surface area contributed by atoms with Crippen LogP contribution in [0.4, 0.5) is 0 Å². The van der Waals surface area contributed by atoms with E-state index in [1.54, 1.807) is 19.0 Å². The Labute approximate surface area is 165 Å². The second kappa shape index (κ2) is 6.84. The van der Waals surface area contributed by atoms with Crippen molar-refractivity contribution in [2.24, 2.45) is 0 Å². The Morgan fingerprint density at radius 1 is 1.22 bits per heavy atom. The third-order valence-electron chi connectivity index (χ3n) is 6.10. The third kappa shape index (κ3) is 3.01. The molecule has 142 valence electrons. The van der Waals surface area contributed by atoms with Gasteiger partial charge in [0.1, 0.15) is 5.75 Å². The highest BCUT2D eigenvalue weighted by molar-refractivity contribution is 6.32. The van der Waals surface area contributed by atoms with E-state index in [0.29, 0.717) is 11.1 Å². The van der Waals surface area contributed by atoms with Crippen LogP contribution in [0.5, 0.6) is 5.75 Å². The fraction of sp³-hybridized carbons (Fsp3) is 0.409. The Kier molecular flexibility index (Phi) is 4.65. The highest BCUT2D eigenvalue weighted by Crippen LogP contribution is 2.45. The summed E-state index contributed by atoms with van der Waals surface area (Å²) in [7, 11) is 5.76. The molecule has 5 heteroatoms. The van der Waals surface area contributed by atoms with Crippen LogP contribution in [-0.2, 0) is 12.8 Å². The maximum Gasteiger partial charge on any atom is 0.253 e. The fourth-order valence-corrected chi connectivity index (χ4v) is 4.91. The van der Waals surface area contributed by atoms with E-state index in [1.165, 1.54) is 11.1 Å². The average molecular weight is 385 g/mol. The van der Waals surface area contributed by atoms with Gasteiger partial charge in [-0.25, -0.2) is 0 Å². The van der Waals surface area contributed by atoms with Crippen molar-refractivity contribution >= 4 is 17.5 Å². The predicted molar refractivity (Wildman–Crippen MR) is 108 cm³/mol. The lowest BCUT2D eigenvalue weighted by Crippen LogP contribution is -2.40. The van der Waals surface area contributed by atoms with Gasteiger partial charge in [0, 0.05) is 38.2 Å². The maximum absolute atomic E-state index is 12.7. The number of carbonyl (C=O) groups excluding carboxylic acids is 1. The van der Waals surface area contributed by atoms with Gasteiger partial charge in [0.2, 0.25) is 0 Å². The molecule has 1 amide bonds. The SMILES string of the molecule is CN(C)C(=O)c1cccc2c1CC[C@H]1[C@H]2c2cc(O)c(Cl)cc2CCN1C. The van der Waals surface area contributed by atoms with Crippen molar-refractivity contribution < 1.29 is 9.90 Å². The summed E-state index contributed by atoms with van der Waals surface area (Å²) in [5.41, 5.74) is 5.47. The number of likely N-dealkylation sites (N-methyl/N-ethyl adjacent to an activating group) is 1. The molecule has 4 nitrogen and oxygen atoms in total. The second-order valence-electron chi connectivity index (χ2n) is 7.89. The number of phenolic OH excluding ortho intramolecular Hbond substituents is 1. The minimum absolute atomic E-state index is 0.0476. The first kappa shape index (κ1) is 18.3. The average Bonchev–Trinajstić information content (AvgIpc) is 2.78. The smallest absolute Gasteiger partial charge is 0.253 e. The number of nitrogens with zero attached hydrogens (tertiary/aromatic N) is 2. The molecule has 0 bridgehead atoms. The summed E-state index contributed by atoms with van der Waals surface area (Å²) >= 11 is 6.20. The highest BCUT2D eigenvalue weighted by atomic mass is 35.5. The summed E-state index contributed by atoms with van der Waals surface area (Å²) in [6, 6.07) is 10.2. The van der Waals surface area contributed by atoms with Gasteiger partial charge in [-0.1, -0.05) is 23.7 Å². The molecule has 1 heterocycles. The Hall–Kier alpha value is -2.04. The Bertz CT molecular complexity index is 909. The Balaban J connectivity index is 1.92. The van der Waals surface area contributed by atoms with Crippen molar-refractivity contribution in [3.63, 3.8) is 0 Å². The van der Waals surface area contributed by atoms with E-state index in [4.69, 9.17) is 11.6 Å². The molecule has 0 radical (unpaired) electrons. The van der Waals surface area contributed by atoms with Gasteiger partial charge in [-0.15, -0.1) is 0 Å². The van der Waals surface area contributed by atoms with Crippen LogP contribution < -0.4 is 0 Å². The number of phenols is 1. The van der Waals surface area contributed by atoms with E-state index in [0.717, 1.165) is 42.5 Å². The summed E-state index contributed by atoms with van der Waals surface area (Å²) in [6.07, 6.45) is 2.80. The van der Waals surface area contributed by atoms with E-state index in [2.05, 4.69) is 18.0 Å². The van der Waals surface area contributed by atoms with Crippen molar-refractivity contribution in [3.8, 4) is 5.75 Å². The highest BCUT2D eigenvalue weighted by Gasteiger charge is 2.38. The molecule has 0 saturated heterocycles. The van der Waals surface area contributed by atoms with E-state index in [9.17, 15) is 9.90 Å². The lowest BCUT2D eigenvalue weighted by Gasteiger charge is -2.39. The van der Waals surface area contributed by atoms with Crippen molar-refractivity contribution in [3.05, 3.63) is 63.2 Å². The van der Waals surface area contributed by atoms with Crippen molar-refractivity contribution in [2.75, 3.05) is 27.7 Å². The van der Waals surface area contributed by atoms with E-state index >= 15 is 0 Å². The number of hydrogen-bond donors (Lipinski definition) is 1. The largest absolute Gasteiger partial charge is 0.506 e. The molecule has 1 aliphatic heterocycles. The van der Waals surface area contributed by atoms with Gasteiger partial charge in [-0.05, 0) is 66.8 Å². The van der Waals surface area contributed by atoms with Crippen LogP contribution in [0.15, 0.2) is 30.3 Å². The number of aromatic hydroxyl groups is 1. The van der Waals surface area contributed by atoms with Crippen molar-refractivity contribution in [1.82, 2.24) is 9.80 Å². The normalized spacial score (nSPS) is 21.6. The minimum Gasteiger partial charge on any atom is -0.506 e. The zero-order valence-electron chi connectivity index (χ0n) is 16.0. The van der Waals surface area contributed by atoms with Gasteiger partial charge < -0.3 is 14.9 Å².